The van der Waals surface area contributed by atoms with E-state index in [2.05, 4.69) is 15.9 Å². The molecule has 2 heteroatoms. The van der Waals surface area contributed by atoms with Crippen LogP contribution in [0.3, 0.4) is 0 Å². The van der Waals surface area contributed by atoms with Crippen molar-refractivity contribution in [3.8, 4) is 0 Å². The van der Waals surface area contributed by atoms with Crippen LogP contribution in [0.5, 0.6) is 0 Å². The largest absolute Gasteiger partial charge is 0.345 e. The summed E-state index contributed by atoms with van der Waals surface area (Å²) < 4.78 is 0. The Labute approximate surface area is 42.0 Å². The fourth-order valence-electron chi connectivity index (χ4n) is 0.254. The Morgan fingerprint density at radius 1 is 1.29 bits per heavy atom. The van der Waals surface area contributed by atoms with Gasteiger partial charge in [-0.15, -0.1) is 0 Å². The van der Waals surface area contributed by atoms with Crippen LogP contribution in [-0.2, 0) is 9.78 Å². The molecule has 0 N–H and O–H groups in total. The van der Waals surface area contributed by atoms with Gasteiger partial charge in [0.2, 0.25) is 0 Å². The van der Waals surface area contributed by atoms with Crippen LogP contribution in [0.1, 0.15) is 0 Å². The van der Waals surface area contributed by atoms with Gasteiger partial charge in [-0.05, 0) is 12.2 Å². The molecule has 2 nitrogen and oxygen atoms in total. The molecule has 0 atom stereocenters. The monoisotopic (exact) mass is 96.0 g/mol. The second kappa shape index (κ2) is 2.42. The second-order valence-electron chi connectivity index (χ2n) is 0.972. The van der Waals surface area contributed by atoms with Crippen LogP contribution in [0.2, 0.25) is 0 Å². The molecule has 0 aromatic carbocycles. The van der Waals surface area contributed by atoms with E-state index in [4.69, 9.17) is 0 Å². The molecule has 0 amide bonds. The standard InChI is InChI=1S/C5H4O2/c1-2-4-6-7-5-3-1/h1-2,4-5H. The quantitative estimate of drug-likeness (QED) is 0.418. The zero-order valence-corrected chi connectivity index (χ0v) is 3.63. The molecule has 0 aromatic heterocycles. The van der Waals surface area contributed by atoms with E-state index in [0.29, 0.717) is 0 Å². The Hall–Kier alpha value is -0.760. The Kier molecular flexibility index (Phi) is 1.52. The lowest BCUT2D eigenvalue weighted by atomic mass is 10.5. The Bertz CT molecular complexity index is 82.3. The van der Waals surface area contributed by atoms with Gasteiger partial charge in [-0.2, -0.15) is 4.89 Å². The smallest absolute Gasteiger partial charge is 0.164 e. The summed E-state index contributed by atoms with van der Waals surface area (Å²) in [6.07, 6.45) is 7.46. The molecule has 1 heterocycles. The van der Waals surface area contributed by atoms with E-state index in [1.165, 1.54) is 12.9 Å². The van der Waals surface area contributed by atoms with Crippen LogP contribution in [-0.4, -0.2) is 0 Å². The first-order chi connectivity index (χ1) is 3.50. The molecule has 0 bridgehead atoms. The van der Waals surface area contributed by atoms with Gasteiger partial charge >= 0.3 is 0 Å². The number of hydrogen-bond acceptors (Lipinski definition) is 2. The Morgan fingerprint density at radius 2 is 2.29 bits per heavy atom. The summed E-state index contributed by atoms with van der Waals surface area (Å²) in [5, 5.41) is 0. The normalized spacial score (nSPS) is 18.3. The van der Waals surface area contributed by atoms with E-state index in [-0.39, 0.29) is 0 Å². The van der Waals surface area contributed by atoms with Gasteiger partial charge in [0.05, 0.1) is 0 Å². The van der Waals surface area contributed by atoms with Crippen molar-refractivity contribution in [1.82, 2.24) is 0 Å². The fourth-order valence-corrected chi connectivity index (χ4v) is 0.254. The molecule has 0 spiro atoms. The predicted octanol–water partition coefficient (Wildman–Crippen LogP) is 0.983. The minimum atomic E-state index is 1.33. The van der Waals surface area contributed by atoms with Gasteiger partial charge in [0.1, 0.15) is 6.26 Å². The molecule has 0 aliphatic carbocycles. The third-order valence-electron chi connectivity index (χ3n) is 0.498. The Balaban J connectivity index is 2.39. The van der Waals surface area contributed by atoms with Gasteiger partial charge in [0, 0.05) is 0 Å². The van der Waals surface area contributed by atoms with Crippen molar-refractivity contribution in [3.05, 3.63) is 31.1 Å². The molecule has 0 unspecified atom stereocenters. The summed E-state index contributed by atoms with van der Waals surface area (Å²) in [5.41, 5.74) is 0. The van der Waals surface area contributed by atoms with Crippen molar-refractivity contribution in [2.24, 2.45) is 0 Å². The highest BCUT2D eigenvalue weighted by Crippen LogP contribution is 1.91. The molecule has 1 aliphatic rings. The molecular weight excluding hydrogens is 92.1 g/mol. The van der Waals surface area contributed by atoms with E-state index < -0.39 is 0 Å². The zero-order chi connectivity index (χ0) is 4.95. The van der Waals surface area contributed by atoms with Crippen molar-refractivity contribution in [2.75, 3.05) is 0 Å². The van der Waals surface area contributed by atoms with Crippen LogP contribution in [0, 0.1) is 12.7 Å². The van der Waals surface area contributed by atoms with Crippen LogP contribution in [0.4, 0.5) is 0 Å². The predicted molar refractivity (Wildman–Crippen MR) is 23.4 cm³/mol. The lowest BCUT2D eigenvalue weighted by molar-refractivity contribution is -0.212. The summed E-state index contributed by atoms with van der Waals surface area (Å²) in [4.78, 5) is 8.70. The van der Waals surface area contributed by atoms with Gasteiger partial charge in [-0.3, -0.25) is 0 Å². The van der Waals surface area contributed by atoms with Gasteiger partial charge in [0.25, 0.3) is 0 Å². The average molecular weight is 96.1 g/mol. The zero-order valence-electron chi connectivity index (χ0n) is 3.63. The summed E-state index contributed by atoms with van der Waals surface area (Å²) in [5.74, 6) is 0. The van der Waals surface area contributed by atoms with Gasteiger partial charge < -0.3 is 4.89 Å². The van der Waals surface area contributed by atoms with Crippen molar-refractivity contribution >= 4 is 0 Å². The van der Waals surface area contributed by atoms with E-state index >= 15 is 0 Å². The average Bonchev–Trinajstić information content (AvgIpc) is 1.90. The molecule has 1 rings (SSSR count). The van der Waals surface area contributed by atoms with Crippen molar-refractivity contribution in [1.29, 1.82) is 0 Å². The van der Waals surface area contributed by atoms with Crippen LogP contribution in [0.25, 0.3) is 0 Å². The highest BCUT2D eigenvalue weighted by Gasteiger charge is 1.82. The maximum Gasteiger partial charge on any atom is 0.164 e. The SMILES string of the molecule is [C]1=CC=COO[CH]1. The summed E-state index contributed by atoms with van der Waals surface area (Å²) in [7, 11) is 0. The maximum absolute atomic E-state index is 4.36. The molecule has 36 valence electrons. The fraction of sp³-hybridized carbons (Fsp3) is 0. The Morgan fingerprint density at radius 3 is 3.29 bits per heavy atom. The minimum absolute atomic E-state index is 1.33. The summed E-state index contributed by atoms with van der Waals surface area (Å²) in [6, 6.07) is 0. The van der Waals surface area contributed by atoms with Crippen molar-refractivity contribution in [3.63, 3.8) is 0 Å². The summed E-state index contributed by atoms with van der Waals surface area (Å²) >= 11 is 0. The van der Waals surface area contributed by atoms with E-state index in [1.807, 2.05) is 0 Å². The van der Waals surface area contributed by atoms with Crippen LogP contribution < -0.4 is 0 Å². The second-order valence-corrected chi connectivity index (χ2v) is 0.972. The molecule has 1 aliphatic heterocycles. The molecule has 0 aromatic rings. The molecule has 0 saturated heterocycles. The van der Waals surface area contributed by atoms with Crippen LogP contribution in [0.15, 0.2) is 18.4 Å². The lowest BCUT2D eigenvalue weighted by Crippen LogP contribution is -1.76. The first-order valence-electron chi connectivity index (χ1n) is 1.88. The molecule has 0 fully saturated rings. The molecule has 7 heavy (non-hydrogen) atoms. The molecular formula is C5H4O2. The van der Waals surface area contributed by atoms with Crippen molar-refractivity contribution < 1.29 is 9.78 Å². The van der Waals surface area contributed by atoms with E-state index in [9.17, 15) is 0 Å². The van der Waals surface area contributed by atoms with E-state index in [1.54, 1.807) is 12.2 Å². The van der Waals surface area contributed by atoms with Crippen molar-refractivity contribution in [2.45, 2.75) is 0 Å². The third kappa shape index (κ3) is 1.41. The van der Waals surface area contributed by atoms with Gasteiger partial charge in [-0.1, -0.05) is 6.08 Å². The highest BCUT2D eigenvalue weighted by molar-refractivity contribution is 4.98. The van der Waals surface area contributed by atoms with Gasteiger partial charge in [0.15, 0.2) is 6.61 Å². The molecule has 0 saturated carbocycles. The highest BCUT2D eigenvalue weighted by atomic mass is 17.2. The third-order valence-corrected chi connectivity index (χ3v) is 0.498. The maximum atomic E-state index is 4.36. The lowest BCUT2D eigenvalue weighted by Gasteiger charge is -1.88. The number of allylic oxidation sites excluding steroid dienone is 2. The van der Waals surface area contributed by atoms with Gasteiger partial charge in [-0.25, -0.2) is 0 Å². The van der Waals surface area contributed by atoms with Crippen LogP contribution >= 0.6 is 0 Å². The topological polar surface area (TPSA) is 18.5 Å². The molecule has 2 radical (unpaired) electrons. The first-order valence-corrected chi connectivity index (χ1v) is 1.88. The minimum Gasteiger partial charge on any atom is -0.345 e. The summed E-state index contributed by atoms with van der Waals surface area (Å²) in [6.45, 7) is 1.33. The first kappa shape index (κ1) is 4.40. The van der Waals surface area contributed by atoms with E-state index in [0.717, 1.165) is 0 Å². The number of hydrogen-bond donors (Lipinski definition) is 0. The number of rotatable bonds is 0.